The Balaban J connectivity index is 2.05. The minimum absolute atomic E-state index is 0.222. The number of thioether (sulfide) groups is 1. The van der Waals surface area contributed by atoms with Crippen LogP contribution in [0.4, 0.5) is 0 Å². The summed E-state index contributed by atoms with van der Waals surface area (Å²) in [5, 5.41) is 0. The fraction of sp³-hybridized carbons (Fsp3) is 0.417. The van der Waals surface area contributed by atoms with Crippen LogP contribution in [0.15, 0.2) is 29.2 Å². The van der Waals surface area contributed by atoms with Crippen LogP contribution < -0.4 is 0 Å². The SMILES string of the molecule is O=Cc1ccccc1SC1CCCCO1. The predicted octanol–water partition coefficient (Wildman–Crippen LogP) is 3.12. The Bertz CT molecular complexity index is 332. The minimum atomic E-state index is 0.222. The van der Waals surface area contributed by atoms with E-state index in [2.05, 4.69) is 0 Å². The van der Waals surface area contributed by atoms with Gasteiger partial charge < -0.3 is 4.74 Å². The molecule has 0 radical (unpaired) electrons. The van der Waals surface area contributed by atoms with Crippen molar-refractivity contribution in [1.82, 2.24) is 0 Å². The lowest BCUT2D eigenvalue weighted by Gasteiger charge is -2.22. The van der Waals surface area contributed by atoms with E-state index >= 15 is 0 Å². The van der Waals surface area contributed by atoms with Crippen LogP contribution >= 0.6 is 11.8 Å². The largest absolute Gasteiger partial charge is 0.367 e. The highest BCUT2D eigenvalue weighted by molar-refractivity contribution is 7.99. The molecule has 0 aromatic heterocycles. The average Bonchev–Trinajstić information content (AvgIpc) is 2.31. The van der Waals surface area contributed by atoms with Crippen molar-refractivity contribution in [3.8, 4) is 0 Å². The highest BCUT2D eigenvalue weighted by atomic mass is 32.2. The molecule has 1 aromatic carbocycles. The topological polar surface area (TPSA) is 26.3 Å². The molecule has 1 aromatic rings. The van der Waals surface area contributed by atoms with Crippen LogP contribution in [0.3, 0.4) is 0 Å². The molecule has 0 bridgehead atoms. The van der Waals surface area contributed by atoms with Crippen LogP contribution in [-0.4, -0.2) is 18.3 Å². The number of hydrogen-bond acceptors (Lipinski definition) is 3. The zero-order valence-corrected chi connectivity index (χ0v) is 9.33. The minimum Gasteiger partial charge on any atom is -0.367 e. The first-order chi connectivity index (χ1) is 7.40. The molecule has 3 heteroatoms. The van der Waals surface area contributed by atoms with Gasteiger partial charge in [-0.2, -0.15) is 0 Å². The van der Waals surface area contributed by atoms with Crippen molar-refractivity contribution in [3.63, 3.8) is 0 Å². The molecule has 1 aliphatic heterocycles. The summed E-state index contributed by atoms with van der Waals surface area (Å²) in [4.78, 5) is 11.8. The summed E-state index contributed by atoms with van der Waals surface area (Å²) in [5.41, 5.74) is 0.983. The summed E-state index contributed by atoms with van der Waals surface area (Å²) in [7, 11) is 0. The first-order valence-electron chi connectivity index (χ1n) is 5.22. The van der Waals surface area contributed by atoms with Crippen molar-refractivity contribution in [2.45, 2.75) is 29.6 Å². The van der Waals surface area contributed by atoms with Gasteiger partial charge >= 0.3 is 0 Å². The van der Waals surface area contributed by atoms with Crippen molar-refractivity contribution in [2.75, 3.05) is 6.61 Å². The molecule has 80 valence electrons. The van der Waals surface area contributed by atoms with E-state index in [9.17, 15) is 4.79 Å². The zero-order chi connectivity index (χ0) is 10.5. The van der Waals surface area contributed by atoms with Gasteiger partial charge in [0.1, 0.15) is 5.44 Å². The lowest BCUT2D eigenvalue weighted by Crippen LogP contribution is -2.15. The zero-order valence-electron chi connectivity index (χ0n) is 8.52. The molecule has 0 amide bonds. The smallest absolute Gasteiger partial charge is 0.151 e. The first kappa shape index (κ1) is 10.7. The molecule has 1 saturated heterocycles. The van der Waals surface area contributed by atoms with E-state index in [0.717, 1.165) is 36.2 Å². The number of rotatable bonds is 3. The summed E-state index contributed by atoms with van der Waals surface area (Å²) >= 11 is 1.66. The Kier molecular flexibility index (Phi) is 3.80. The van der Waals surface area contributed by atoms with E-state index in [4.69, 9.17) is 4.74 Å². The van der Waals surface area contributed by atoms with E-state index in [-0.39, 0.29) is 5.44 Å². The molecular formula is C12H14O2S. The molecule has 0 aliphatic carbocycles. The maximum atomic E-state index is 10.8. The van der Waals surface area contributed by atoms with E-state index in [1.807, 2.05) is 24.3 Å². The Morgan fingerprint density at radius 3 is 2.93 bits per heavy atom. The van der Waals surface area contributed by atoms with Gasteiger partial charge in [-0.25, -0.2) is 0 Å². The molecule has 1 atom stereocenters. The van der Waals surface area contributed by atoms with E-state index < -0.39 is 0 Å². The second kappa shape index (κ2) is 5.33. The molecule has 15 heavy (non-hydrogen) atoms. The van der Waals surface area contributed by atoms with Crippen LogP contribution in [0.5, 0.6) is 0 Å². The van der Waals surface area contributed by atoms with Crippen LogP contribution in [0, 0.1) is 0 Å². The number of aldehydes is 1. The third-order valence-corrected chi connectivity index (χ3v) is 3.70. The molecule has 2 nitrogen and oxygen atoms in total. The summed E-state index contributed by atoms with van der Waals surface area (Å²) in [5.74, 6) is 0. The van der Waals surface area contributed by atoms with Gasteiger partial charge in [-0.05, 0) is 25.3 Å². The molecule has 1 heterocycles. The fourth-order valence-corrected chi connectivity index (χ4v) is 2.77. The normalized spacial score (nSPS) is 21.2. The molecule has 1 unspecified atom stereocenters. The number of carbonyl (C=O) groups excluding carboxylic acids is 1. The summed E-state index contributed by atoms with van der Waals surface area (Å²) in [6.45, 7) is 0.848. The molecule has 0 saturated carbocycles. The summed E-state index contributed by atoms with van der Waals surface area (Å²) < 4.78 is 5.63. The van der Waals surface area contributed by atoms with Gasteiger partial charge in [-0.3, -0.25) is 4.79 Å². The van der Waals surface area contributed by atoms with Gasteiger partial charge in [0.25, 0.3) is 0 Å². The maximum Gasteiger partial charge on any atom is 0.151 e. The van der Waals surface area contributed by atoms with Crippen molar-refractivity contribution in [3.05, 3.63) is 29.8 Å². The lowest BCUT2D eigenvalue weighted by molar-refractivity contribution is 0.0728. The van der Waals surface area contributed by atoms with Gasteiger partial charge in [-0.1, -0.05) is 30.0 Å². The predicted molar refractivity (Wildman–Crippen MR) is 61.3 cm³/mol. The molecular weight excluding hydrogens is 208 g/mol. The number of ether oxygens (including phenoxy) is 1. The highest BCUT2D eigenvalue weighted by Crippen LogP contribution is 2.31. The lowest BCUT2D eigenvalue weighted by atomic mass is 10.2. The monoisotopic (exact) mass is 222 g/mol. The van der Waals surface area contributed by atoms with Crippen LogP contribution in [0.1, 0.15) is 29.6 Å². The second-order valence-corrected chi connectivity index (χ2v) is 4.77. The molecule has 2 rings (SSSR count). The van der Waals surface area contributed by atoms with E-state index in [1.54, 1.807) is 11.8 Å². The van der Waals surface area contributed by atoms with E-state index in [0.29, 0.717) is 0 Å². The second-order valence-electron chi connectivity index (χ2n) is 3.57. The van der Waals surface area contributed by atoms with Crippen molar-refractivity contribution in [1.29, 1.82) is 0 Å². The number of benzene rings is 1. The van der Waals surface area contributed by atoms with Crippen LogP contribution in [0.2, 0.25) is 0 Å². The quantitative estimate of drug-likeness (QED) is 0.735. The summed E-state index contributed by atoms with van der Waals surface area (Å²) in [6, 6.07) is 7.66. The Labute approximate surface area is 94.0 Å². The Morgan fingerprint density at radius 1 is 1.33 bits per heavy atom. The molecule has 0 N–H and O–H groups in total. The first-order valence-corrected chi connectivity index (χ1v) is 6.10. The van der Waals surface area contributed by atoms with Crippen molar-refractivity contribution in [2.24, 2.45) is 0 Å². The van der Waals surface area contributed by atoms with Crippen LogP contribution in [-0.2, 0) is 4.74 Å². The van der Waals surface area contributed by atoms with E-state index in [1.165, 1.54) is 6.42 Å². The number of hydrogen-bond donors (Lipinski definition) is 0. The third kappa shape index (κ3) is 2.83. The van der Waals surface area contributed by atoms with Gasteiger partial charge in [0.2, 0.25) is 0 Å². The molecule has 1 aliphatic rings. The highest BCUT2D eigenvalue weighted by Gasteiger charge is 2.16. The molecule has 0 spiro atoms. The Hall–Kier alpha value is -0.800. The Morgan fingerprint density at radius 2 is 2.20 bits per heavy atom. The number of carbonyl (C=O) groups is 1. The van der Waals surface area contributed by atoms with Crippen molar-refractivity contribution >= 4 is 18.0 Å². The summed E-state index contributed by atoms with van der Waals surface area (Å²) in [6.07, 6.45) is 4.37. The average molecular weight is 222 g/mol. The third-order valence-electron chi connectivity index (χ3n) is 2.44. The standard InChI is InChI=1S/C12H14O2S/c13-9-10-5-1-2-6-11(10)15-12-7-3-4-8-14-12/h1-2,5-6,9,12H,3-4,7-8H2. The maximum absolute atomic E-state index is 10.8. The van der Waals surface area contributed by atoms with Crippen molar-refractivity contribution < 1.29 is 9.53 Å². The van der Waals surface area contributed by atoms with Gasteiger partial charge in [0, 0.05) is 17.1 Å². The van der Waals surface area contributed by atoms with Crippen LogP contribution in [0.25, 0.3) is 0 Å². The van der Waals surface area contributed by atoms with Gasteiger partial charge in [0.05, 0.1) is 0 Å². The molecule has 1 fully saturated rings. The fourth-order valence-electron chi connectivity index (χ4n) is 1.63. The van der Waals surface area contributed by atoms with Gasteiger partial charge in [0.15, 0.2) is 6.29 Å². The van der Waals surface area contributed by atoms with Gasteiger partial charge in [-0.15, -0.1) is 0 Å².